The van der Waals surface area contributed by atoms with Crippen LogP contribution in [0.3, 0.4) is 0 Å². The molecule has 2 atom stereocenters. The van der Waals surface area contributed by atoms with Gasteiger partial charge < -0.3 is 15.5 Å². The molecule has 4 rings (SSSR count). The number of fused-ring (bicyclic) bond motifs is 2. The monoisotopic (exact) mass is 390 g/mol. The van der Waals surface area contributed by atoms with Gasteiger partial charge in [-0.25, -0.2) is 4.79 Å². The molecule has 1 aliphatic carbocycles. The van der Waals surface area contributed by atoms with Crippen molar-refractivity contribution in [1.29, 1.82) is 0 Å². The van der Waals surface area contributed by atoms with Gasteiger partial charge in [-0.3, -0.25) is 14.5 Å². The van der Waals surface area contributed by atoms with Crippen LogP contribution in [0.25, 0.3) is 0 Å². The zero-order valence-electron chi connectivity index (χ0n) is 17.4. The molecular weight excluding hydrogens is 356 g/mol. The van der Waals surface area contributed by atoms with Gasteiger partial charge in [-0.2, -0.15) is 0 Å². The van der Waals surface area contributed by atoms with Gasteiger partial charge in [-0.05, 0) is 62.8 Å². The molecule has 156 valence electrons. The minimum absolute atomic E-state index is 0.0832. The highest BCUT2D eigenvalue weighted by Gasteiger charge is 2.54. The Balaban J connectivity index is 1.43. The van der Waals surface area contributed by atoms with Gasteiger partial charge in [0.2, 0.25) is 5.91 Å². The molecule has 3 saturated heterocycles. The molecule has 4 fully saturated rings. The second-order valence-electron chi connectivity index (χ2n) is 10.2. The molecule has 0 radical (unpaired) electrons. The lowest BCUT2D eigenvalue weighted by Gasteiger charge is -2.40. The van der Waals surface area contributed by atoms with Gasteiger partial charge in [0.05, 0.1) is 0 Å². The van der Waals surface area contributed by atoms with E-state index in [2.05, 4.69) is 31.4 Å². The first-order valence-corrected chi connectivity index (χ1v) is 10.9. The van der Waals surface area contributed by atoms with Gasteiger partial charge in [0, 0.05) is 18.6 Å². The van der Waals surface area contributed by atoms with E-state index in [4.69, 9.17) is 0 Å². The molecule has 28 heavy (non-hydrogen) atoms. The fraction of sp³-hybridized carbons (Fsp3) is 0.857. The smallest absolute Gasteiger partial charge is 0.325 e. The van der Waals surface area contributed by atoms with Crippen molar-refractivity contribution in [3.63, 3.8) is 0 Å². The summed E-state index contributed by atoms with van der Waals surface area (Å²) in [6.45, 7) is 8.31. The Hall–Kier alpha value is -1.63. The minimum atomic E-state index is -0.793. The number of carbonyl (C=O) groups excluding carboxylic acids is 3. The van der Waals surface area contributed by atoms with E-state index in [1.807, 2.05) is 4.90 Å². The van der Waals surface area contributed by atoms with Crippen LogP contribution in [0.4, 0.5) is 4.79 Å². The zero-order chi connectivity index (χ0) is 20.1. The largest absolute Gasteiger partial charge is 0.334 e. The lowest BCUT2D eigenvalue weighted by atomic mass is 9.67. The second kappa shape index (κ2) is 7.01. The molecule has 0 aromatic carbocycles. The molecule has 3 heterocycles. The van der Waals surface area contributed by atoms with Crippen molar-refractivity contribution < 1.29 is 14.4 Å². The fourth-order valence-electron chi connectivity index (χ4n) is 5.74. The number of nitrogens with zero attached hydrogens (tertiary/aromatic N) is 2. The number of urea groups is 1. The van der Waals surface area contributed by atoms with Crippen molar-refractivity contribution in [1.82, 2.24) is 20.4 Å². The number of amides is 4. The van der Waals surface area contributed by atoms with Crippen LogP contribution in [0.1, 0.15) is 65.7 Å². The summed E-state index contributed by atoms with van der Waals surface area (Å²) in [4.78, 5) is 41.9. The summed E-state index contributed by atoms with van der Waals surface area (Å²) in [6.07, 6.45) is 6.17. The molecule has 3 aliphatic heterocycles. The average Bonchev–Trinajstić information content (AvgIpc) is 3.01. The Morgan fingerprint density at radius 3 is 2.43 bits per heavy atom. The first-order chi connectivity index (χ1) is 13.2. The Morgan fingerprint density at radius 1 is 1.07 bits per heavy atom. The van der Waals surface area contributed by atoms with Crippen molar-refractivity contribution in [3.8, 4) is 0 Å². The van der Waals surface area contributed by atoms with Gasteiger partial charge in [0.1, 0.15) is 12.1 Å². The Bertz CT molecular complexity index is 649. The van der Waals surface area contributed by atoms with E-state index in [1.165, 1.54) is 4.90 Å². The lowest BCUT2D eigenvalue weighted by Crippen LogP contribution is -2.51. The van der Waals surface area contributed by atoms with Crippen LogP contribution in [-0.4, -0.2) is 64.9 Å². The Labute approximate surface area is 167 Å². The molecule has 4 aliphatic rings. The maximum absolute atomic E-state index is 13.2. The van der Waals surface area contributed by atoms with Gasteiger partial charge >= 0.3 is 6.03 Å². The number of carbonyl (C=O) groups is 3. The van der Waals surface area contributed by atoms with Crippen LogP contribution < -0.4 is 10.6 Å². The molecule has 0 aromatic heterocycles. The molecule has 0 aromatic rings. The van der Waals surface area contributed by atoms with Crippen LogP contribution in [0.15, 0.2) is 0 Å². The summed E-state index contributed by atoms with van der Waals surface area (Å²) in [5.74, 6) is 0.275. The third-order valence-electron chi connectivity index (χ3n) is 7.55. The first-order valence-electron chi connectivity index (χ1n) is 10.9. The molecule has 7 heteroatoms. The molecular formula is C21H34N4O3. The van der Waals surface area contributed by atoms with Crippen LogP contribution in [0.5, 0.6) is 0 Å². The standard InChI is InChI=1S/C21H34N4O3/c1-20(2,3)14-6-9-21(10-7-14)18(27)24(19(28)23-21)13-17(26)25-15-4-5-16(25)12-22-11-8-15/h14-16,22H,4-13H2,1-3H3,(H,23,28). The minimum Gasteiger partial charge on any atom is -0.334 e. The highest BCUT2D eigenvalue weighted by molar-refractivity contribution is 6.09. The summed E-state index contributed by atoms with van der Waals surface area (Å²) in [5, 5.41) is 6.34. The van der Waals surface area contributed by atoms with E-state index in [1.54, 1.807) is 0 Å². The first kappa shape index (κ1) is 19.7. The third-order valence-corrected chi connectivity index (χ3v) is 7.55. The number of hydrogen-bond acceptors (Lipinski definition) is 4. The van der Waals surface area contributed by atoms with Crippen molar-refractivity contribution >= 4 is 17.8 Å². The topological polar surface area (TPSA) is 81.8 Å². The normalized spacial score (nSPS) is 36.0. The summed E-state index contributed by atoms with van der Waals surface area (Å²) < 4.78 is 0. The lowest BCUT2D eigenvalue weighted by molar-refractivity contribution is -0.141. The summed E-state index contributed by atoms with van der Waals surface area (Å²) in [6, 6.07) is 0.0363. The van der Waals surface area contributed by atoms with Gasteiger partial charge in [-0.1, -0.05) is 20.8 Å². The van der Waals surface area contributed by atoms with Crippen molar-refractivity contribution in [2.75, 3.05) is 19.6 Å². The summed E-state index contributed by atoms with van der Waals surface area (Å²) in [5.41, 5.74) is -0.582. The van der Waals surface area contributed by atoms with E-state index in [-0.39, 0.29) is 35.9 Å². The quantitative estimate of drug-likeness (QED) is 0.705. The third kappa shape index (κ3) is 3.31. The Kier molecular flexibility index (Phi) is 4.92. The predicted molar refractivity (Wildman–Crippen MR) is 106 cm³/mol. The zero-order valence-corrected chi connectivity index (χ0v) is 17.4. The fourth-order valence-corrected chi connectivity index (χ4v) is 5.74. The van der Waals surface area contributed by atoms with Crippen molar-refractivity contribution in [2.45, 2.75) is 83.3 Å². The maximum atomic E-state index is 13.2. The van der Waals surface area contributed by atoms with Gasteiger partial charge in [0.25, 0.3) is 5.91 Å². The SMILES string of the molecule is CC(C)(C)C1CCC2(CC1)NC(=O)N(CC(=O)N1C3CCNCC1CC3)C2=O. The summed E-state index contributed by atoms with van der Waals surface area (Å²) in [7, 11) is 0. The van der Waals surface area contributed by atoms with Crippen LogP contribution >= 0.6 is 0 Å². The second-order valence-corrected chi connectivity index (χ2v) is 10.2. The highest BCUT2D eigenvalue weighted by Crippen LogP contribution is 2.43. The molecule has 1 spiro atoms. The van der Waals surface area contributed by atoms with E-state index >= 15 is 0 Å². The number of imide groups is 1. The Morgan fingerprint density at radius 2 is 1.75 bits per heavy atom. The van der Waals surface area contributed by atoms with Crippen molar-refractivity contribution in [2.24, 2.45) is 11.3 Å². The number of nitrogens with one attached hydrogen (secondary N) is 2. The predicted octanol–water partition coefficient (Wildman–Crippen LogP) is 1.87. The van der Waals surface area contributed by atoms with E-state index in [0.29, 0.717) is 18.8 Å². The maximum Gasteiger partial charge on any atom is 0.325 e. The van der Waals surface area contributed by atoms with Crippen LogP contribution in [0.2, 0.25) is 0 Å². The molecule has 2 N–H and O–H groups in total. The number of hydrogen-bond donors (Lipinski definition) is 2. The molecule has 2 unspecified atom stereocenters. The molecule has 2 bridgehead atoms. The van der Waals surface area contributed by atoms with Crippen molar-refractivity contribution in [3.05, 3.63) is 0 Å². The van der Waals surface area contributed by atoms with Gasteiger partial charge in [0.15, 0.2) is 0 Å². The molecule has 4 amide bonds. The molecule has 7 nitrogen and oxygen atoms in total. The van der Waals surface area contributed by atoms with E-state index < -0.39 is 11.6 Å². The van der Waals surface area contributed by atoms with Crippen LogP contribution in [0, 0.1) is 11.3 Å². The van der Waals surface area contributed by atoms with E-state index in [9.17, 15) is 14.4 Å². The van der Waals surface area contributed by atoms with E-state index in [0.717, 1.165) is 45.2 Å². The highest BCUT2D eigenvalue weighted by atomic mass is 16.2. The summed E-state index contributed by atoms with van der Waals surface area (Å²) >= 11 is 0. The molecule has 1 saturated carbocycles. The average molecular weight is 391 g/mol. The van der Waals surface area contributed by atoms with Gasteiger partial charge in [-0.15, -0.1) is 0 Å². The van der Waals surface area contributed by atoms with Crippen LogP contribution in [-0.2, 0) is 9.59 Å². The number of rotatable bonds is 2.